The second-order valence-electron chi connectivity index (χ2n) is 3.66. The molecule has 1 heterocycles. The van der Waals surface area contributed by atoms with E-state index in [0.29, 0.717) is 11.8 Å². The van der Waals surface area contributed by atoms with Crippen molar-refractivity contribution < 1.29 is 5.11 Å². The molecule has 1 aromatic carbocycles. The van der Waals surface area contributed by atoms with Gasteiger partial charge in [0.25, 0.3) is 0 Å². The third kappa shape index (κ3) is 3.83. The number of nitrogens with one attached hydrogen (secondary N) is 2. The maximum absolute atomic E-state index is 9.17. The van der Waals surface area contributed by atoms with Crippen LogP contribution in [0.25, 0.3) is 0 Å². The van der Waals surface area contributed by atoms with Crippen molar-refractivity contribution >= 4 is 0 Å². The average molecular weight is 222 g/mol. The van der Waals surface area contributed by atoms with Crippen LogP contribution in [-0.4, -0.2) is 24.7 Å². The predicted molar refractivity (Wildman–Crippen MR) is 67.7 cm³/mol. The van der Waals surface area contributed by atoms with E-state index in [4.69, 9.17) is 0 Å². The highest BCUT2D eigenvalue weighted by Crippen LogP contribution is 2.17. The van der Waals surface area contributed by atoms with Crippen molar-refractivity contribution in [2.24, 2.45) is 0 Å². The molecule has 90 valence electrons. The van der Waals surface area contributed by atoms with Gasteiger partial charge in [0.05, 0.1) is 0 Å². The Hall–Kier alpha value is -1.06. The molecule has 1 saturated heterocycles. The molecular formula is C13H22N2O. The van der Waals surface area contributed by atoms with Crippen molar-refractivity contribution in [2.75, 3.05) is 19.6 Å². The lowest BCUT2D eigenvalue weighted by Gasteiger charge is -2.15. The van der Waals surface area contributed by atoms with E-state index in [-0.39, 0.29) is 0 Å². The van der Waals surface area contributed by atoms with Crippen LogP contribution in [0.5, 0.6) is 5.75 Å². The Morgan fingerprint density at radius 2 is 1.81 bits per heavy atom. The Balaban J connectivity index is 0.000000606. The van der Waals surface area contributed by atoms with Gasteiger partial charge in [-0.2, -0.15) is 0 Å². The van der Waals surface area contributed by atoms with Gasteiger partial charge >= 0.3 is 0 Å². The molecule has 3 nitrogen and oxygen atoms in total. The number of phenolic OH excluding ortho intramolecular Hbond substituents is 1. The quantitative estimate of drug-likeness (QED) is 0.681. The zero-order chi connectivity index (χ0) is 11.8. The standard InChI is InChI=1S/C11H16N2O.C2H6/c14-10-4-2-9(3-5-10)11-8-12-6-1-7-13-11;1-2/h2-5,11-14H,1,6-8H2;1-2H3. The van der Waals surface area contributed by atoms with Gasteiger partial charge in [0.2, 0.25) is 0 Å². The monoisotopic (exact) mass is 222 g/mol. The molecule has 1 aromatic rings. The minimum Gasteiger partial charge on any atom is -0.508 e. The molecule has 0 aliphatic carbocycles. The van der Waals surface area contributed by atoms with Crippen molar-refractivity contribution in [3.63, 3.8) is 0 Å². The van der Waals surface area contributed by atoms with Crippen LogP contribution in [0.3, 0.4) is 0 Å². The molecule has 1 atom stereocenters. The van der Waals surface area contributed by atoms with Gasteiger partial charge in [-0.05, 0) is 37.2 Å². The zero-order valence-electron chi connectivity index (χ0n) is 10.2. The number of rotatable bonds is 1. The zero-order valence-corrected chi connectivity index (χ0v) is 10.2. The molecule has 3 N–H and O–H groups in total. The minimum atomic E-state index is 0.329. The van der Waals surface area contributed by atoms with Crippen molar-refractivity contribution in [1.29, 1.82) is 0 Å². The Morgan fingerprint density at radius 1 is 1.12 bits per heavy atom. The Kier molecular flexibility index (Phi) is 5.90. The van der Waals surface area contributed by atoms with Crippen LogP contribution in [0.15, 0.2) is 24.3 Å². The Morgan fingerprint density at radius 3 is 2.50 bits per heavy atom. The molecule has 1 aliphatic rings. The minimum absolute atomic E-state index is 0.329. The molecule has 16 heavy (non-hydrogen) atoms. The van der Waals surface area contributed by atoms with Gasteiger partial charge in [0, 0.05) is 12.6 Å². The fourth-order valence-corrected chi connectivity index (χ4v) is 1.75. The third-order valence-electron chi connectivity index (χ3n) is 2.56. The summed E-state index contributed by atoms with van der Waals surface area (Å²) in [6.45, 7) is 7.10. The van der Waals surface area contributed by atoms with E-state index in [1.807, 2.05) is 26.0 Å². The van der Waals surface area contributed by atoms with E-state index in [1.54, 1.807) is 12.1 Å². The number of aromatic hydroxyl groups is 1. The summed E-state index contributed by atoms with van der Waals surface area (Å²) in [5.74, 6) is 0.329. The maximum atomic E-state index is 9.17. The lowest BCUT2D eigenvalue weighted by atomic mass is 10.1. The lowest BCUT2D eigenvalue weighted by Crippen LogP contribution is -2.27. The Labute approximate surface area is 97.9 Å². The van der Waals surface area contributed by atoms with Gasteiger partial charge in [-0.1, -0.05) is 26.0 Å². The topological polar surface area (TPSA) is 44.3 Å². The molecule has 0 amide bonds. The van der Waals surface area contributed by atoms with Crippen LogP contribution in [0.4, 0.5) is 0 Å². The van der Waals surface area contributed by atoms with E-state index in [9.17, 15) is 5.11 Å². The van der Waals surface area contributed by atoms with E-state index >= 15 is 0 Å². The largest absolute Gasteiger partial charge is 0.508 e. The first-order valence-electron chi connectivity index (χ1n) is 6.09. The summed E-state index contributed by atoms with van der Waals surface area (Å²) in [6, 6.07) is 7.79. The van der Waals surface area contributed by atoms with Crippen LogP contribution in [0, 0.1) is 0 Å². The normalized spacial score (nSPS) is 20.5. The van der Waals surface area contributed by atoms with Gasteiger partial charge in [-0.15, -0.1) is 0 Å². The van der Waals surface area contributed by atoms with Gasteiger partial charge in [0.15, 0.2) is 0 Å². The third-order valence-corrected chi connectivity index (χ3v) is 2.56. The van der Waals surface area contributed by atoms with Gasteiger partial charge in [-0.25, -0.2) is 0 Å². The second kappa shape index (κ2) is 7.25. The van der Waals surface area contributed by atoms with Crippen LogP contribution in [0.2, 0.25) is 0 Å². The highest BCUT2D eigenvalue weighted by atomic mass is 16.3. The van der Waals surface area contributed by atoms with Gasteiger partial charge in [0.1, 0.15) is 5.75 Å². The highest BCUT2D eigenvalue weighted by molar-refractivity contribution is 5.28. The first-order chi connectivity index (χ1) is 7.86. The van der Waals surface area contributed by atoms with Gasteiger partial charge < -0.3 is 15.7 Å². The van der Waals surface area contributed by atoms with Crippen LogP contribution in [-0.2, 0) is 0 Å². The van der Waals surface area contributed by atoms with Crippen LogP contribution < -0.4 is 10.6 Å². The first kappa shape index (κ1) is 13.0. The maximum Gasteiger partial charge on any atom is 0.115 e. The molecule has 3 heteroatoms. The molecular weight excluding hydrogens is 200 g/mol. The smallest absolute Gasteiger partial charge is 0.115 e. The fourth-order valence-electron chi connectivity index (χ4n) is 1.75. The number of hydrogen-bond acceptors (Lipinski definition) is 3. The van der Waals surface area contributed by atoms with Crippen molar-refractivity contribution in [2.45, 2.75) is 26.3 Å². The summed E-state index contributed by atoms with van der Waals surface area (Å²) in [7, 11) is 0. The summed E-state index contributed by atoms with van der Waals surface area (Å²) in [6.07, 6.45) is 1.18. The molecule has 0 radical (unpaired) electrons. The fraction of sp³-hybridized carbons (Fsp3) is 0.538. The molecule has 0 spiro atoms. The molecule has 0 aromatic heterocycles. The number of benzene rings is 1. The second-order valence-corrected chi connectivity index (χ2v) is 3.66. The number of phenols is 1. The highest BCUT2D eigenvalue weighted by Gasteiger charge is 2.12. The lowest BCUT2D eigenvalue weighted by molar-refractivity contribution is 0.474. The molecule has 1 unspecified atom stereocenters. The summed E-state index contributed by atoms with van der Waals surface area (Å²) in [5, 5.41) is 16.0. The molecule has 2 rings (SSSR count). The Bertz CT molecular complexity index is 276. The van der Waals surface area contributed by atoms with Crippen molar-refractivity contribution in [1.82, 2.24) is 10.6 Å². The number of hydrogen-bond donors (Lipinski definition) is 3. The molecule has 0 saturated carbocycles. The summed E-state index contributed by atoms with van der Waals surface area (Å²) < 4.78 is 0. The van der Waals surface area contributed by atoms with E-state index < -0.39 is 0 Å². The molecule has 0 bridgehead atoms. The van der Waals surface area contributed by atoms with Crippen LogP contribution >= 0.6 is 0 Å². The molecule has 1 fully saturated rings. The van der Waals surface area contributed by atoms with E-state index in [2.05, 4.69) is 10.6 Å². The van der Waals surface area contributed by atoms with Crippen molar-refractivity contribution in [3.8, 4) is 5.75 Å². The van der Waals surface area contributed by atoms with E-state index in [1.165, 1.54) is 12.0 Å². The summed E-state index contributed by atoms with van der Waals surface area (Å²) in [5.41, 5.74) is 1.23. The summed E-state index contributed by atoms with van der Waals surface area (Å²) in [4.78, 5) is 0. The first-order valence-corrected chi connectivity index (χ1v) is 6.09. The van der Waals surface area contributed by atoms with Crippen molar-refractivity contribution in [3.05, 3.63) is 29.8 Å². The van der Waals surface area contributed by atoms with E-state index in [0.717, 1.165) is 19.6 Å². The SMILES string of the molecule is CC.Oc1ccc(C2CNCCCN2)cc1. The van der Waals surface area contributed by atoms with Gasteiger partial charge in [-0.3, -0.25) is 0 Å². The summed E-state index contributed by atoms with van der Waals surface area (Å²) >= 11 is 0. The molecule has 1 aliphatic heterocycles. The predicted octanol–water partition coefficient (Wildman–Crippen LogP) is 2.04. The van der Waals surface area contributed by atoms with Crippen LogP contribution in [0.1, 0.15) is 31.9 Å². The average Bonchev–Trinajstić information content (AvgIpc) is 2.61.